The predicted molar refractivity (Wildman–Crippen MR) is 69.8 cm³/mol. The Morgan fingerprint density at radius 1 is 1.44 bits per heavy atom. The van der Waals surface area contributed by atoms with E-state index >= 15 is 0 Å². The van der Waals surface area contributed by atoms with Crippen LogP contribution in [0, 0.1) is 0 Å². The lowest BCUT2D eigenvalue weighted by Gasteiger charge is -2.01. The van der Waals surface area contributed by atoms with Crippen molar-refractivity contribution >= 4 is 22.5 Å². The van der Waals surface area contributed by atoms with E-state index in [2.05, 4.69) is 22.9 Å². The standard InChI is InChI=1S/C13H15ClN2/c1-2-3-6-15-8-10-9-16-13-7-11(14)4-5-12(10)13/h2,4-5,7,9,15-16H,1,3,6,8H2. The fourth-order valence-electron chi connectivity index (χ4n) is 1.73. The molecule has 0 aliphatic carbocycles. The van der Waals surface area contributed by atoms with Crippen molar-refractivity contribution in [1.29, 1.82) is 0 Å². The Bertz CT molecular complexity index is 488. The molecule has 0 amide bonds. The Kier molecular flexibility index (Phi) is 3.65. The highest BCUT2D eigenvalue weighted by Crippen LogP contribution is 2.21. The summed E-state index contributed by atoms with van der Waals surface area (Å²) in [7, 11) is 0. The Morgan fingerprint density at radius 2 is 2.31 bits per heavy atom. The van der Waals surface area contributed by atoms with E-state index < -0.39 is 0 Å². The van der Waals surface area contributed by atoms with Crippen LogP contribution >= 0.6 is 11.6 Å². The summed E-state index contributed by atoms with van der Waals surface area (Å²) in [5, 5.41) is 5.37. The molecule has 0 saturated carbocycles. The molecular formula is C13H15ClN2. The minimum absolute atomic E-state index is 0.764. The van der Waals surface area contributed by atoms with Crippen molar-refractivity contribution in [3.63, 3.8) is 0 Å². The first-order valence-corrected chi connectivity index (χ1v) is 5.76. The maximum Gasteiger partial charge on any atom is 0.0472 e. The molecule has 0 radical (unpaired) electrons. The number of halogens is 1. The van der Waals surface area contributed by atoms with Crippen LogP contribution in [0.1, 0.15) is 12.0 Å². The van der Waals surface area contributed by atoms with Gasteiger partial charge in [0.2, 0.25) is 0 Å². The zero-order valence-electron chi connectivity index (χ0n) is 9.09. The van der Waals surface area contributed by atoms with Gasteiger partial charge in [-0.3, -0.25) is 0 Å². The zero-order valence-corrected chi connectivity index (χ0v) is 9.85. The van der Waals surface area contributed by atoms with Crippen LogP contribution in [-0.4, -0.2) is 11.5 Å². The molecule has 84 valence electrons. The summed E-state index contributed by atoms with van der Waals surface area (Å²) in [5.41, 5.74) is 2.36. The molecule has 3 heteroatoms. The highest BCUT2D eigenvalue weighted by atomic mass is 35.5. The summed E-state index contributed by atoms with van der Waals surface area (Å²) >= 11 is 5.93. The summed E-state index contributed by atoms with van der Waals surface area (Å²) < 4.78 is 0. The van der Waals surface area contributed by atoms with Crippen LogP contribution in [0.3, 0.4) is 0 Å². The lowest BCUT2D eigenvalue weighted by atomic mass is 10.2. The first kappa shape index (κ1) is 11.2. The van der Waals surface area contributed by atoms with Crippen LogP contribution in [0.15, 0.2) is 37.1 Å². The average Bonchev–Trinajstić information content (AvgIpc) is 2.67. The van der Waals surface area contributed by atoms with Crippen molar-refractivity contribution in [3.05, 3.63) is 47.6 Å². The summed E-state index contributed by atoms with van der Waals surface area (Å²) in [6.07, 6.45) is 4.94. The smallest absolute Gasteiger partial charge is 0.0472 e. The number of aromatic amines is 1. The molecule has 0 unspecified atom stereocenters. The number of hydrogen-bond acceptors (Lipinski definition) is 1. The largest absolute Gasteiger partial charge is 0.361 e. The van der Waals surface area contributed by atoms with Crippen molar-refractivity contribution in [2.75, 3.05) is 6.54 Å². The second kappa shape index (κ2) is 5.19. The number of benzene rings is 1. The van der Waals surface area contributed by atoms with Crippen LogP contribution in [0.25, 0.3) is 10.9 Å². The van der Waals surface area contributed by atoms with E-state index in [1.807, 2.05) is 24.4 Å². The van der Waals surface area contributed by atoms with Gasteiger partial charge in [0, 0.05) is 28.7 Å². The third kappa shape index (κ3) is 2.46. The Hall–Kier alpha value is -1.25. The van der Waals surface area contributed by atoms with Crippen molar-refractivity contribution < 1.29 is 0 Å². The fourth-order valence-corrected chi connectivity index (χ4v) is 1.90. The summed E-state index contributed by atoms with van der Waals surface area (Å²) in [6, 6.07) is 5.92. The minimum Gasteiger partial charge on any atom is -0.361 e. The van der Waals surface area contributed by atoms with E-state index in [9.17, 15) is 0 Å². The topological polar surface area (TPSA) is 27.8 Å². The lowest BCUT2D eigenvalue weighted by molar-refractivity contribution is 0.699. The molecule has 1 heterocycles. The molecule has 2 rings (SSSR count). The molecule has 1 aromatic heterocycles. The molecule has 0 aliphatic rings. The van der Waals surface area contributed by atoms with Crippen LogP contribution in [0.2, 0.25) is 5.02 Å². The maximum absolute atomic E-state index is 5.93. The third-order valence-corrected chi connectivity index (χ3v) is 2.81. The van der Waals surface area contributed by atoms with Gasteiger partial charge in [0.25, 0.3) is 0 Å². The summed E-state index contributed by atoms with van der Waals surface area (Å²) in [6.45, 7) is 5.53. The fraction of sp³-hybridized carbons (Fsp3) is 0.231. The molecule has 0 fully saturated rings. The first-order valence-electron chi connectivity index (χ1n) is 5.38. The van der Waals surface area contributed by atoms with Crippen molar-refractivity contribution in [2.45, 2.75) is 13.0 Å². The molecule has 2 N–H and O–H groups in total. The average molecular weight is 235 g/mol. The number of H-pyrrole nitrogens is 1. The number of rotatable bonds is 5. The third-order valence-electron chi connectivity index (χ3n) is 2.57. The van der Waals surface area contributed by atoms with Gasteiger partial charge in [-0.25, -0.2) is 0 Å². The van der Waals surface area contributed by atoms with E-state index in [4.69, 9.17) is 11.6 Å². The normalized spacial score (nSPS) is 10.8. The van der Waals surface area contributed by atoms with Crippen LogP contribution in [0.5, 0.6) is 0 Å². The Labute approximate surface area is 100 Å². The van der Waals surface area contributed by atoms with Crippen molar-refractivity contribution in [2.24, 2.45) is 0 Å². The predicted octanol–water partition coefficient (Wildman–Crippen LogP) is 3.49. The molecule has 0 aliphatic heterocycles. The highest BCUT2D eigenvalue weighted by Gasteiger charge is 2.02. The van der Waals surface area contributed by atoms with E-state index in [0.29, 0.717) is 0 Å². The monoisotopic (exact) mass is 234 g/mol. The molecular weight excluding hydrogens is 220 g/mol. The SMILES string of the molecule is C=CCCNCc1c[nH]c2cc(Cl)ccc12. The van der Waals surface area contributed by atoms with E-state index in [-0.39, 0.29) is 0 Å². The molecule has 2 nitrogen and oxygen atoms in total. The number of nitrogens with one attached hydrogen (secondary N) is 2. The molecule has 16 heavy (non-hydrogen) atoms. The Balaban J connectivity index is 2.09. The number of hydrogen-bond donors (Lipinski definition) is 2. The molecule has 2 aromatic rings. The second-order valence-corrected chi connectivity index (χ2v) is 4.19. The summed E-state index contributed by atoms with van der Waals surface area (Å²) in [5.74, 6) is 0. The number of aromatic nitrogens is 1. The van der Waals surface area contributed by atoms with Crippen molar-refractivity contribution in [3.8, 4) is 0 Å². The molecule has 0 saturated heterocycles. The molecule has 0 atom stereocenters. The van der Waals surface area contributed by atoms with Gasteiger partial charge in [0.05, 0.1) is 0 Å². The van der Waals surface area contributed by atoms with Crippen LogP contribution in [-0.2, 0) is 6.54 Å². The minimum atomic E-state index is 0.764. The summed E-state index contributed by atoms with van der Waals surface area (Å²) in [4.78, 5) is 3.23. The van der Waals surface area contributed by atoms with E-state index in [1.165, 1.54) is 10.9 Å². The zero-order chi connectivity index (χ0) is 11.4. The van der Waals surface area contributed by atoms with Crippen LogP contribution < -0.4 is 5.32 Å². The van der Waals surface area contributed by atoms with Gasteiger partial charge in [0.15, 0.2) is 0 Å². The van der Waals surface area contributed by atoms with Gasteiger partial charge in [-0.2, -0.15) is 0 Å². The lowest BCUT2D eigenvalue weighted by Crippen LogP contribution is -2.13. The number of fused-ring (bicyclic) bond motifs is 1. The Morgan fingerprint density at radius 3 is 3.12 bits per heavy atom. The van der Waals surface area contributed by atoms with Gasteiger partial charge < -0.3 is 10.3 Å². The molecule has 0 bridgehead atoms. The van der Waals surface area contributed by atoms with Crippen LogP contribution in [0.4, 0.5) is 0 Å². The van der Waals surface area contributed by atoms with Gasteiger partial charge in [-0.05, 0) is 30.7 Å². The second-order valence-electron chi connectivity index (χ2n) is 3.76. The first-order chi connectivity index (χ1) is 7.81. The van der Waals surface area contributed by atoms with Gasteiger partial charge in [-0.1, -0.05) is 23.7 Å². The van der Waals surface area contributed by atoms with E-state index in [1.54, 1.807) is 0 Å². The van der Waals surface area contributed by atoms with Gasteiger partial charge >= 0.3 is 0 Å². The molecule has 1 aromatic carbocycles. The van der Waals surface area contributed by atoms with Crippen molar-refractivity contribution in [1.82, 2.24) is 10.3 Å². The van der Waals surface area contributed by atoms with Gasteiger partial charge in [-0.15, -0.1) is 6.58 Å². The van der Waals surface area contributed by atoms with Gasteiger partial charge in [0.1, 0.15) is 0 Å². The highest BCUT2D eigenvalue weighted by molar-refractivity contribution is 6.31. The quantitative estimate of drug-likeness (QED) is 0.602. The maximum atomic E-state index is 5.93. The van der Waals surface area contributed by atoms with E-state index in [0.717, 1.165) is 30.0 Å². The molecule has 0 spiro atoms.